The molecule has 0 amide bonds. The van der Waals surface area contributed by atoms with Crippen LogP contribution >= 0.6 is 11.3 Å². The summed E-state index contributed by atoms with van der Waals surface area (Å²) < 4.78 is 0. The number of fused-ring (bicyclic) bond motifs is 1. The highest BCUT2D eigenvalue weighted by atomic mass is 32.1. The van der Waals surface area contributed by atoms with E-state index in [1.54, 1.807) is 23.5 Å². The van der Waals surface area contributed by atoms with Gasteiger partial charge in [0.1, 0.15) is 5.75 Å². The van der Waals surface area contributed by atoms with Crippen LogP contribution in [-0.4, -0.2) is 23.2 Å². The van der Waals surface area contributed by atoms with Crippen molar-refractivity contribution in [2.24, 2.45) is 5.41 Å². The zero-order valence-corrected chi connectivity index (χ0v) is 15.1. The fourth-order valence-corrected chi connectivity index (χ4v) is 4.82. The first kappa shape index (κ1) is 17.0. The lowest BCUT2D eigenvalue weighted by Crippen LogP contribution is -2.22. The predicted molar refractivity (Wildman–Crippen MR) is 96.9 cm³/mol. The number of aromatic hydroxyl groups is 1. The molecule has 24 heavy (non-hydrogen) atoms. The Balaban J connectivity index is 2.21. The molecule has 1 aromatic heterocycles. The molecule has 5 heteroatoms. The molecule has 3 N–H and O–H groups in total. The van der Waals surface area contributed by atoms with Crippen LogP contribution in [0, 0.1) is 5.41 Å². The van der Waals surface area contributed by atoms with Gasteiger partial charge in [0.25, 0.3) is 0 Å². The van der Waals surface area contributed by atoms with Gasteiger partial charge in [0.05, 0.1) is 5.56 Å². The number of carboxylic acids is 1. The summed E-state index contributed by atoms with van der Waals surface area (Å²) in [7, 11) is 1.86. The lowest BCUT2D eigenvalue weighted by Gasteiger charge is -2.29. The van der Waals surface area contributed by atoms with Gasteiger partial charge in [-0.3, -0.25) is 0 Å². The smallest absolute Gasteiger partial charge is 0.337 e. The molecule has 1 aromatic carbocycles. The second-order valence-corrected chi connectivity index (χ2v) is 8.33. The van der Waals surface area contributed by atoms with Gasteiger partial charge in [-0.15, -0.1) is 11.3 Å². The zero-order valence-electron chi connectivity index (χ0n) is 14.3. The van der Waals surface area contributed by atoms with Crippen LogP contribution in [0.2, 0.25) is 0 Å². The molecule has 0 aliphatic heterocycles. The zero-order chi connectivity index (χ0) is 17.5. The molecule has 0 radical (unpaired) electrons. The number of carbonyl (C=O) groups is 1. The van der Waals surface area contributed by atoms with E-state index in [9.17, 15) is 15.0 Å². The average Bonchev–Trinajstić information content (AvgIpc) is 2.86. The number of phenols is 1. The van der Waals surface area contributed by atoms with Crippen LogP contribution in [0.4, 0.5) is 0 Å². The summed E-state index contributed by atoms with van der Waals surface area (Å²) in [5, 5.41) is 22.9. The summed E-state index contributed by atoms with van der Waals surface area (Å²) in [4.78, 5) is 14.0. The Bertz CT molecular complexity index is 792. The molecule has 0 saturated heterocycles. The van der Waals surface area contributed by atoms with E-state index in [0.717, 1.165) is 40.8 Å². The quantitative estimate of drug-likeness (QED) is 0.782. The van der Waals surface area contributed by atoms with Crippen LogP contribution in [0.1, 0.15) is 46.6 Å². The van der Waals surface area contributed by atoms with Crippen molar-refractivity contribution in [3.63, 3.8) is 0 Å². The van der Waals surface area contributed by atoms with E-state index in [4.69, 9.17) is 0 Å². The SMILES string of the molecule is CNCc1ccc(O)cc1-c1sc2c(c1C(=O)O)CC(C)(C)CC2. The largest absolute Gasteiger partial charge is 0.508 e. The van der Waals surface area contributed by atoms with Crippen LogP contribution < -0.4 is 5.32 Å². The van der Waals surface area contributed by atoms with Crippen molar-refractivity contribution in [2.75, 3.05) is 7.05 Å². The molecular weight excluding hydrogens is 322 g/mol. The number of aromatic carboxylic acids is 1. The Morgan fingerprint density at radius 2 is 2.12 bits per heavy atom. The molecular formula is C19H23NO3S. The van der Waals surface area contributed by atoms with Crippen molar-refractivity contribution >= 4 is 17.3 Å². The second kappa shape index (κ2) is 6.22. The van der Waals surface area contributed by atoms with Crippen LogP contribution in [0.5, 0.6) is 5.75 Å². The molecule has 1 heterocycles. The van der Waals surface area contributed by atoms with E-state index < -0.39 is 5.97 Å². The highest BCUT2D eigenvalue weighted by Crippen LogP contribution is 2.46. The third-order valence-electron chi connectivity index (χ3n) is 4.69. The molecule has 0 bridgehead atoms. The predicted octanol–water partition coefficient (Wildman–Crippen LogP) is 4.05. The van der Waals surface area contributed by atoms with Crippen molar-refractivity contribution < 1.29 is 15.0 Å². The van der Waals surface area contributed by atoms with Crippen molar-refractivity contribution in [3.05, 3.63) is 39.8 Å². The fourth-order valence-electron chi connectivity index (χ4n) is 3.46. The van der Waals surface area contributed by atoms with E-state index in [-0.39, 0.29) is 11.2 Å². The molecule has 0 atom stereocenters. The van der Waals surface area contributed by atoms with Gasteiger partial charge in [-0.2, -0.15) is 0 Å². The lowest BCUT2D eigenvalue weighted by molar-refractivity contribution is 0.0696. The fraction of sp³-hybridized carbons (Fsp3) is 0.421. The lowest BCUT2D eigenvalue weighted by atomic mass is 9.76. The Morgan fingerprint density at radius 3 is 2.79 bits per heavy atom. The number of nitrogens with one attached hydrogen (secondary N) is 1. The van der Waals surface area contributed by atoms with E-state index >= 15 is 0 Å². The summed E-state index contributed by atoms with van der Waals surface area (Å²) in [5.74, 6) is -0.716. The summed E-state index contributed by atoms with van der Waals surface area (Å²) in [5.41, 5.74) is 3.35. The molecule has 1 aliphatic carbocycles. The molecule has 1 aliphatic rings. The van der Waals surface area contributed by atoms with Crippen LogP contribution in [-0.2, 0) is 19.4 Å². The van der Waals surface area contributed by atoms with Gasteiger partial charge in [-0.25, -0.2) is 4.79 Å². The first-order valence-electron chi connectivity index (χ1n) is 8.17. The highest BCUT2D eigenvalue weighted by molar-refractivity contribution is 7.16. The number of thiophene rings is 1. The van der Waals surface area contributed by atoms with Crippen molar-refractivity contribution in [2.45, 2.75) is 39.7 Å². The van der Waals surface area contributed by atoms with E-state index in [1.165, 1.54) is 4.88 Å². The van der Waals surface area contributed by atoms with Gasteiger partial charge >= 0.3 is 5.97 Å². The molecule has 3 rings (SSSR count). The van der Waals surface area contributed by atoms with Crippen molar-refractivity contribution in [1.82, 2.24) is 5.32 Å². The Kier molecular flexibility index (Phi) is 4.40. The van der Waals surface area contributed by atoms with Gasteiger partial charge in [0, 0.05) is 21.9 Å². The van der Waals surface area contributed by atoms with Crippen molar-refractivity contribution in [1.29, 1.82) is 0 Å². The number of phenolic OH excluding ortho intramolecular Hbond substituents is 1. The molecule has 128 valence electrons. The highest BCUT2D eigenvalue weighted by Gasteiger charge is 2.33. The van der Waals surface area contributed by atoms with Crippen LogP contribution in [0.25, 0.3) is 10.4 Å². The molecule has 0 fully saturated rings. The first-order valence-corrected chi connectivity index (χ1v) is 8.99. The minimum absolute atomic E-state index is 0.127. The third kappa shape index (κ3) is 3.06. The van der Waals surface area contributed by atoms with E-state index in [2.05, 4.69) is 19.2 Å². The minimum atomic E-state index is -0.876. The van der Waals surface area contributed by atoms with Gasteiger partial charge in [0.2, 0.25) is 0 Å². The molecule has 0 unspecified atom stereocenters. The van der Waals surface area contributed by atoms with Gasteiger partial charge in [-0.05, 0) is 55.0 Å². The first-order chi connectivity index (χ1) is 11.3. The normalized spacial score (nSPS) is 16.0. The standard InChI is InChI=1S/C19H23NO3S/c1-19(2)7-6-15-14(9-19)16(18(22)23)17(24-15)13-8-12(21)5-4-11(13)10-20-3/h4-5,8,20-21H,6-7,9-10H2,1-3H3,(H,22,23). The number of hydrogen-bond donors (Lipinski definition) is 3. The van der Waals surface area contributed by atoms with E-state index in [1.807, 2.05) is 13.1 Å². The summed E-state index contributed by atoms with van der Waals surface area (Å²) >= 11 is 1.57. The monoisotopic (exact) mass is 345 g/mol. The number of rotatable bonds is 4. The maximum absolute atomic E-state index is 12.0. The third-order valence-corrected chi connectivity index (χ3v) is 6.02. The van der Waals surface area contributed by atoms with Crippen LogP contribution in [0.3, 0.4) is 0 Å². The number of aryl methyl sites for hydroxylation is 1. The maximum atomic E-state index is 12.0. The van der Waals surface area contributed by atoms with Gasteiger partial charge in [-0.1, -0.05) is 19.9 Å². The Hall–Kier alpha value is -1.85. The van der Waals surface area contributed by atoms with E-state index in [0.29, 0.717) is 12.1 Å². The minimum Gasteiger partial charge on any atom is -0.508 e. The summed E-state index contributed by atoms with van der Waals surface area (Å²) in [6, 6.07) is 5.18. The molecule has 2 aromatic rings. The average molecular weight is 345 g/mol. The topological polar surface area (TPSA) is 69.6 Å². The molecule has 4 nitrogen and oxygen atoms in total. The maximum Gasteiger partial charge on any atom is 0.337 e. The number of benzene rings is 1. The summed E-state index contributed by atoms with van der Waals surface area (Å²) in [6.07, 6.45) is 2.79. The molecule has 0 saturated carbocycles. The summed E-state index contributed by atoms with van der Waals surface area (Å²) in [6.45, 7) is 5.02. The van der Waals surface area contributed by atoms with Crippen LogP contribution in [0.15, 0.2) is 18.2 Å². The second-order valence-electron chi connectivity index (χ2n) is 7.23. The Labute approximate surface area is 146 Å². The number of hydrogen-bond acceptors (Lipinski definition) is 4. The van der Waals surface area contributed by atoms with Crippen molar-refractivity contribution in [3.8, 4) is 16.2 Å². The molecule has 0 spiro atoms. The number of carboxylic acid groups (broad SMARTS) is 1. The van der Waals surface area contributed by atoms with Gasteiger partial charge < -0.3 is 15.5 Å². The Morgan fingerprint density at radius 1 is 1.38 bits per heavy atom. The van der Waals surface area contributed by atoms with Gasteiger partial charge in [0.15, 0.2) is 0 Å².